The number of nitro benzene ring substituents is 1. The first-order valence-electron chi connectivity index (χ1n) is 4.62. The predicted octanol–water partition coefficient (Wildman–Crippen LogP) is 1.95. The van der Waals surface area contributed by atoms with Crippen molar-refractivity contribution in [1.29, 1.82) is 0 Å². The minimum absolute atomic E-state index is 0.0491. The summed E-state index contributed by atoms with van der Waals surface area (Å²) in [7, 11) is 1.40. The van der Waals surface area contributed by atoms with Crippen molar-refractivity contribution < 1.29 is 19.2 Å². The van der Waals surface area contributed by atoms with E-state index >= 15 is 0 Å². The molecule has 0 radical (unpaired) electrons. The second-order valence-corrected chi connectivity index (χ2v) is 3.90. The van der Waals surface area contributed by atoms with Gasteiger partial charge in [0.2, 0.25) is 0 Å². The Hall–Kier alpha value is -1.47. The molecule has 6 nitrogen and oxygen atoms in total. The number of ether oxygens (including phenoxy) is 2. The van der Waals surface area contributed by atoms with Gasteiger partial charge in [-0.2, -0.15) is 0 Å². The van der Waals surface area contributed by atoms with Gasteiger partial charge in [0, 0.05) is 13.2 Å². The lowest BCUT2D eigenvalue weighted by atomic mass is 10.3. The van der Waals surface area contributed by atoms with E-state index in [4.69, 9.17) is 4.74 Å². The van der Waals surface area contributed by atoms with E-state index < -0.39 is 4.92 Å². The van der Waals surface area contributed by atoms with Crippen LogP contribution in [0.15, 0.2) is 22.7 Å². The monoisotopic (exact) mass is 303 g/mol. The van der Waals surface area contributed by atoms with Crippen molar-refractivity contribution in [2.24, 2.45) is 0 Å². The van der Waals surface area contributed by atoms with E-state index in [9.17, 15) is 14.9 Å². The number of hydrogen-bond donors (Lipinski definition) is 0. The predicted molar refractivity (Wildman–Crippen MR) is 63.2 cm³/mol. The summed E-state index contributed by atoms with van der Waals surface area (Å²) < 4.78 is 10.0. The number of carbonyl (C=O) groups excluding carboxylic acids is 1. The molecule has 0 saturated heterocycles. The SMILES string of the molecule is COCC(=O)COc1cccc([N+](=O)[O-])c1Br. The average Bonchev–Trinajstić information content (AvgIpc) is 2.27. The van der Waals surface area contributed by atoms with Gasteiger partial charge in [-0.05, 0) is 22.0 Å². The third-order valence-electron chi connectivity index (χ3n) is 1.83. The first-order chi connectivity index (χ1) is 8.06. The minimum Gasteiger partial charge on any atom is -0.484 e. The second-order valence-electron chi connectivity index (χ2n) is 3.11. The van der Waals surface area contributed by atoms with Gasteiger partial charge in [-0.1, -0.05) is 6.07 Å². The van der Waals surface area contributed by atoms with Crippen LogP contribution in [-0.2, 0) is 9.53 Å². The highest BCUT2D eigenvalue weighted by atomic mass is 79.9. The van der Waals surface area contributed by atoms with Crippen LogP contribution < -0.4 is 4.74 Å². The first-order valence-corrected chi connectivity index (χ1v) is 5.42. The third-order valence-corrected chi connectivity index (χ3v) is 2.63. The Morgan fingerprint density at radius 2 is 2.18 bits per heavy atom. The molecule has 0 unspecified atom stereocenters. The van der Waals surface area contributed by atoms with Crippen LogP contribution in [0.4, 0.5) is 5.69 Å². The van der Waals surface area contributed by atoms with Crippen LogP contribution in [0.5, 0.6) is 5.75 Å². The average molecular weight is 304 g/mol. The molecule has 0 saturated carbocycles. The molecule has 0 N–H and O–H groups in total. The van der Waals surface area contributed by atoms with Gasteiger partial charge in [0.25, 0.3) is 5.69 Å². The van der Waals surface area contributed by atoms with Gasteiger partial charge in [-0.3, -0.25) is 14.9 Å². The van der Waals surface area contributed by atoms with E-state index in [-0.39, 0.29) is 34.9 Å². The molecular weight excluding hydrogens is 294 g/mol. The Bertz CT molecular complexity index is 435. The fourth-order valence-corrected chi connectivity index (χ4v) is 1.64. The maximum absolute atomic E-state index is 11.1. The van der Waals surface area contributed by atoms with Crippen LogP contribution in [0.2, 0.25) is 0 Å². The number of nitrogens with zero attached hydrogens (tertiary/aromatic N) is 1. The van der Waals surface area contributed by atoms with Gasteiger partial charge in [-0.15, -0.1) is 0 Å². The quantitative estimate of drug-likeness (QED) is 0.593. The molecule has 0 aromatic heterocycles. The van der Waals surface area contributed by atoms with E-state index in [1.54, 1.807) is 0 Å². The molecule has 0 aliphatic heterocycles. The highest BCUT2D eigenvalue weighted by Crippen LogP contribution is 2.33. The van der Waals surface area contributed by atoms with Crippen LogP contribution in [-0.4, -0.2) is 31.0 Å². The fourth-order valence-electron chi connectivity index (χ4n) is 1.11. The molecule has 92 valence electrons. The molecule has 1 rings (SSSR count). The molecule has 0 fully saturated rings. The van der Waals surface area contributed by atoms with E-state index in [2.05, 4.69) is 20.7 Å². The van der Waals surface area contributed by atoms with Crippen LogP contribution in [0.25, 0.3) is 0 Å². The summed E-state index contributed by atoms with van der Waals surface area (Å²) in [6.45, 7) is -0.236. The number of hydrogen-bond acceptors (Lipinski definition) is 5. The molecule has 1 aromatic carbocycles. The van der Waals surface area contributed by atoms with Crippen LogP contribution in [0.3, 0.4) is 0 Å². The molecule has 0 heterocycles. The number of benzene rings is 1. The lowest BCUT2D eigenvalue weighted by molar-refractivity contribution is -0.385. The largest absolute Gasteiger partial charge is 0.484 e. The summed E-state index contributed by atoms with van der Waals surface area (Å²) in [5, 5.41) is 10.6. The van der Waals surface area contributed by atoms with Gasteiger partial charge >= 0.3 is 0 Å². The topological polar surface area (TPSA) is 78.7 Å². The number of Topliss-reactive ketones (excluding diaryl/α,β-unsaturated/α-hetero) is 1. The van der Waals surface area contributed by atoms with Crippen molar-refractivity contribution in [3.8, 4) is 5.75 Å². The Labute approximate surface area is 106 Å². The normalized spacial score (nSPS) is 10.0. The van der Waals surface area contributed by atoms with E-state index in [1.807, 2.05) is 0 Å². The number of carbonyl (C=O) groups is 1. The summed E-state index contributed by atoms with van der Waals surface area (Å²) in [5.74, 6) is 0.00885. The van der Waals surface area contributed by atoms with Crippen molar-refractivity contribution in [1.82, 2.24) is 0 Å². The maximum atomic E-state index is 11.1. The Kier molecular flexibility index (Phi) is 5.05. The number of nitro groups is 1. The van der Waals surface area contributed by atoms with Gasteiger partial charge < -0.3 is 9.47 Å². The van der Waals surface area contributed by atoms with Gasteiger partial charge in [0.15, 0.2) is 5.78 Å². The van der Waals surface area contributed by atoms with Gasteiger partial charge in [-0.25, -0.2) is 0 Å². The lowest BCUT2D eigenvalue weighted by Crippen LogP contribution is -2.16. The fraction of sp³-hybridized carbons (Fsp3) is 0.300. The second kappa shape index (κ2) is 6.31. The zero-order valence-electron chi connectivity index (χ0n) is 9.01. The highest BCUT2D eigenvalue weighted by molar-refractivity contribution is 9.10. The van der Waals surface area contributed by atoms with Crippen LogP contribution in [0, 0.1) is 10.1 Å². The van der Waals surface area contributed by atoms with Crippen molar-refractivity contribution in [2.75, 3.05) is 20.3 Å². The Morgan fingerprint density at radius 1 is 1.47 bits per heavy atom. The van der Waals surface area contributed by atoms with Gasteiger partial charge in [0.05, 0.1) is 4.92 Å². The van der Waals surface area contributed by atoms with E-state index in [0.29, 0.717) is 0 Å². The summed E-state index contributed by atoms with van der Waals surface area (Å²) >= 11 is 3.06. The molecule has 7 heteroatoms. The molecule has 1 aromatic rings. The molecular formula is C10H10BrNO5. The van der Waals surface area contributed by atoms with Crippen molar-refractivity contribution in [2.45, 2.75) is 0 Å². The Balaban J connectivity index is 2.75. The highest BCUT2D eigenvalue weighted by Gasteiger charge is 2.16. The van der Waals surface area contributed by atoms with Crippen molar-refractivity contribution in [3.63, 3.8) is 0 Å². The maximum Gasteiger partial charge on any atom is 0.287 e. The lowest BCUT2D eigenvalue weighted by Gasteiger charge is -2.07. The van der Waals surface area contributed by atoms with Crippen LogP contribution in [0.1, 0.15) is 0 Å². The molecule has 0 aliphatic carbocycles. The van der Waals surface area contributed by atoms with E-state index in [1.165, 1.54) is 25.3 Å². The number of methoxy groups -OCH3 is 1. The number of ketones is 1. The molecule has 0 bridgehead atoms. The summed E-state index contributed by atoms with van der Waals surface area (Å²) in [5.41, 5.74) is -0.110. The van der Waals surface area contributed by atoms with Crippen LogP contribution >= 0.6 is 15.9 Å². The summed E-state index contributed by atoms with van der Waals surface area (Å²) in [4.78, 5) is 21.3. The smallest absolute Gasteiger partial charge is 0.287 e. The zero-order valence-corrected chi connectivity index (χ0v) is 10.6. The van der Waals surface area contributed by atoms with Crippen molar-refractivity contribution >= 4 is 27.4 Å². The molecule has 0 spiro atoms. The standard InChI is InChI=1S/C10H10BrNO5/c1-16-5-7(13)6-17-9-4-2-3-8(10(9)11)12(14)15/h2-4H,5-6H2,1H3. The minimum atomic E-state index is -0.534. The number of rotatable bonds is 6. The van der Waals surface area contributed by atoms with E-state index in [0.717, 1.165) is 0 Å². The number of halogens is 1. The molecule has 0 aliphatic rings. The summed E-state index contributed by atoms with van der Waals surface area (Å²) in [6.07, 6.45) is 0. The van der Waals surface area contributed by atoms with Gasteiger partial charge in [0.1, 0.15) is 23.4 Å². The Morgan fingerprint density at radius 3 is 2.76 bits per heavy atom. The molecule has 0 amide bonds. The summed E-state index contributed by atoms with van der Waals surface area (Å²) in [6, 6.07) is 4.37. The zero-order chi connectivity index (χ0) is 12.8. The molecule has 17 heavy (non-hydrogen) atoms. The first kappa shape index (κ1) is 13.6. The third kappa shape index (κ3) is 3.79. The molecule has 0 atom stereocenters. The van der Waals surface area contributed by atoms with Crippen molar-refractivity contribution in [3.05, 3.63) is 32.8 Å².